The molecule has 15 heteroatoms. The summed E-state index contributed by atoms with van der Waals surface area (Å²) in [7, 11) is 0. The first kappa shape index (κ1) is 37.8. The second kappa shape index (κ2) is 15.8. The maximum Gasteiger partial charge on any atom is 0.292 e. The summed E-state index contributed by atoms with van der Waals surface area (Å²) in [5.41, 5.74) is 8.73. The maximum atomic E-state index is 12.7. The monoisotopic (exact) mass is 769 g/mol. The molecular formula is C42H47N11O4. The molecular weight excluding hydrogens is 723 g/mol. The number of hydrogen-bond acceptors (Lipinski definition) is 12. The lowest BCUT2D eigenvalue weighted by atomic mass is 9.93. The van der Waals surface area contributed by atoms with Gasteiger partial charge in [-0.2, -0.15) is 10.1 Å². The summed E-state index contributed by atoms with van der Waals surface area (Å²) < 4.78 is 7.14. The highest BCUT2D eigenvalue weighted by atomic mass is 16.5. The van der Waals surface area contributed by atoms with Gasteiger partial charge in [0.1, 0.15) is 24.4 Å². The van der Waals surface area contributed by atoms with Crippen LogP contribution in [0.2, 0.25) is 0 Å². The molecule has 0 spiro atoms. The summed E-state index contributed by atoms with van der Waals surface area (Å²) in [6.45, 7) is 11.0. The highest BCUT2D eigenvalue weighted by Crippen LogP contribution is 2.31. The average Bonchev–Trinajstić information content (AvgIpc) is 3.89. The van der Waals surface area contributed by atoms with Crippen LogP contribution >= 0.6 is 0 Å². The number of carbonyl (C=O) groups excluding carboxylic acids is 2. The Bertz CT molecular complexity index is 2380. The van der Waals surface area contributed by atoms with E-state index in [0.717, 1.165) is 77.2 Å². The topological polar surface area (TPSA) is 189 Å². The molecule has 294 valence electrons. The summed E-state index contributed by atoms with van der Waals surface area (Å²) in [5, 5.41) is 26.6. The van der Waals surface area contributed by atoms with E-state index >= 15 is 0 Å². The van der Waals surface area contributed by atoms with Crippen LogP contribution < -0.4 is 16.0 Å². The first-order valence-electron chi connectivity index (χ1n) is 19.4. The van der Waals surface area contributed by atoms with E-state index in [1.165, 1.54) is 5.56 Å². The smallest absolute Gasteiger partial charge is 0.292 e. The largest absolute Gasteiger partial charge is 0.374 e. The van der Waals surface area contributed by atoms with Crippen LogP contribution in [0.3, 0.4) is 0 Å². The highest BCUT2D eigenvalue weighted by Gasteiger charge is 2.28. The van der Waals surface area contributed by atoms with Gasteiger partial charge in [-0.05, 0) is 80.1 Å². The van der Waals surface area contributed by atoms with Crippen molar-refractivity contribution in [1.82, 2.24) is 50.2 Å². The van der Waals surface area contributed by atoms with Gasteiger partial charge in [-0.1, -0.05) is 62.3 Å². The predicted molar refractivity (Wildman–Crippen MR) is 213 cm³/mol. The molecule has 2 aliphatic heterocycles. The number of aliphatic hydroxyl groups excluding tert-OH is 1. The number of amides is 2. The number of hydrogen-bond donors (Lipinski definition) is 4. The number of benzene rings is 2. The van der Waals surface area contributed by atoms with Gasteiger partial charge in [0.2, 0.25) is 11.8 Å². The number of anilines is 1. The van der Waals surface area contributed by atoms with Crippen LogP contribution in [0.25, 0.3) is 27.9 Å². The van der Waals surface area contributed by atoms with Crippen LogP contribution in [0.1, 0.15) is 91.3 Å². The van der Waals surface area contributed by atoms with Gasteiger partial charge in [0, 0.05) is 41.7 Å². The Morgan fingerprint density at radius 1 is 0.965 bits per heavy atom. The molecule has 2 aromatic carbocycles. The number of likely N-dealkylation sites (tertiary alicyclic amines) is 1. The number of rotatable bonds is 10. The maximum absolute atomic E-state index is 12.7. The van der Waals surface area contributed by atoms with Gasteiger partial charge in [-0.15, -0.1) is 0 Å². The number of aromatic nitrogens is 7. The van der Waals surface area contributed by atoms with E-state index in [1.54, 1.807) is 12.5 Å². The van der Waals surface area contributed by atoms with Crippen molar-refractivity contribution in [1.29, 1.82) is 0 Å². The third kappa shape index (κ3) is 8.54. The van der Waals surface area contributed by atoms with Crippen LogP contribution in [-0.2, 0) is 23.3 Å². The van der Waals surface area contributed by atoms with Crippen LogP contribution in [0, 0.1) is 6.92 Å². The zero-order valence-corrected chi connectivity index (χ0v) is 32.6. The van der Waals surface area contributed by atoms with Crippen molar-refractivity contribution in [2.45, 2.75) is 90.1 Å². The van der Waals surface area contributed by atoms with E-state index in [-0.39, 0.29) is 23.1 Å². The molecule has 2 amide bonds. The second-order valence-electron chi connectivity index (χ2n) is 16.0. The van der Waals surface area contributed by atoms with E-state index in [4.69, 9.17) is 4.52 Å². The van der Waals surface area contributed by atoms with Crippen molar-refractivity contribution in [2.75, 3.05) is 18.4 Å². The third-order valence-corrected chi connectivity index (χ3v) is 10.8. The molecule has 2 fully saturated rings. The Kier molecular flexibility index (Phi) is 10.5. The van der Waals surface area contributed by atoms with Gasteiger partial charge in [-0.3, -0.25) is 19.5 Å². The minimum atomic E-state index is -0.780. The molecule has 6 aromatic rings. The Hall–Kier alpha value is -6.06. The van der Waals surface area contributed by atoms with Crippen LogP contribution in [0.5, 0.6) is 0 Å². The van der Waals surface area contributed by atoms with Gasteiger partial charge in [0.25, 0.3) is 11.7 Å². The lowest BCUT2D eigenvalue weighted by molar-refractivity contribution is -0.127. The molecule has 0 bridgehead atoms. The molecule has 0 aliphatic carbocycles. The van der Waals surface area contributed by atoms with E-state index in [9.17, 15) is 14.7 Å². The second-order valence-corrected chi connectivity index (χ2v) is 16.0. The van der Waals surface area contributed by atoms with Crippen molar-refractivity contribution in [3.05, 3.63) is 108 Å². The number of nitrogens with zero attached hydrogens (tertiary/aromatic N) is 8. The highest BCUT2D eigenvalue weighted by molar-refractivity contribution is 5.90. The molecule has 2 saturated heterocycles. The van der Waals surface area contributed by atoms with E-state index in [0.29, 0.717) is 37.0 Å². The third-order valence-electron chi connectivity index (χ3n) is 10.8. The number of piperidine rings is 2. The average molecular weight is 770 g/mol. The minimum Gasteiger partial charge on any atom is -0.374 e. The lowest BCUT2D eigenvalue weighted by Gasteiger charge is -2.31. The first-order valence-corrected chi connectivity index (χ1v) is 19.4. The van der Waals surface area contributed by atoms with Crippen molar-refractivity contribution in [3.8, 4) is 22.4 Å². The fourth-order valence-electron chi connectivity index (χ4n) is 7.41. The quantitative estimate of drug-likeness (QED) is 0.144. The number of fused-ring (bicyclic) bond motifs is 1. The number of nitrogens with one attached hydrogen (secondary N) is 3. The van der Waals surface area contributed by atoms with E-state index in [2.05, 4.69) is 87.4 Å². The molecule has 57 heavy (non-hydrogen) atoms. The van der Waals surface area contributed by atoms with Gasteiger partial charge < -0.3 is 25.6 Å². The summed E-state index contributed by atoms with van der Waals surface area (Å²) in [5.74, 6) is 0.743. The van der Waals surface area contributed by atoms with Gasteiger partial charge in [-0.25, -0.2) is 14.5 Å². The molecule has 2 aliphatic rings. The van der Waals surface area contributed by atoms with Crippen molar-refractivity contribution in [3.63, 3.8) is 0 Å². The Balaban J connectivity index is 0.857. The zero-order valence-electron chi connectivity index (χ0n) is 32.6. The van der Waals surface area contributed by atoms with E-state index < -0.39 is 12.3 Å². The summed E-state index contributed by atoms with van der Waals surface area (Å²) in [4.78, 5) is 45.5. The molecule has 4 N–H and O–H groups in total. The van der Waals surface area contributed by atoms with Crippen LogP contribution in [0.15, 0.2) is 78.0 Å². The van der Waals surface area contributed by atoms with Crippen LogP contribution in [-0.4, -0.2) is 81.9 Å². The molecule has 0 saturated carbocycles. The van der Waals surface area contributed by atoms with Crippen molar-refractivity contribution < 1.29 is 19.2 Å². The zero-order chi connectivity index (χ0) is 39.7. The molecule has 15 nitrogen and oxygen atoms in total. The van der Waals surface area contributed by atoms with Gasteiger partial charge in [0.05, 0.1) is 29.3 Å². The standard InChI is InChI=1S/C42H47N11O4/c1-25-17-29(9-10-30(25)19-45-40(56)38-50-41(57-51-38)42(2,3)4)37-34-18-31(23-53(34)47-24-46-37)27-7-5-26(6-8-27)22-52-15-13-28(14-16-52)33-20-44-35(21-43-33)48-32-11-12-36(54)49-39(32)55/h5-10,17-18,20-21,23-24,28,32,36,54H,11-16,19,22H2,1-4H3,(H,44,48)(H,45,56)(H,49,55). The molecule has 6 heterocycles. The molecule has 0 radical (unpaired) electrons. The normalized spacial score (nSPS) is 18.1. The number of aryl methyl sites for hydroxylation is 1. The molecule has 8 rings (SSSR count). The Morgan fingerprint density at radius 3 is 2.46 bits per heavy atom. The predicted octanol–water partition coefficient (Wildman–Crippen LogP) is 5.16. The van der Waals surface area contributed by atoms with Gasteiger partial charge in [0.15, 0.2) is 0 Å². The Morgan fingerprint density at radius 2 is 1.75 bits per heavy atom. The SMILES string of the molecule is Cc1cc(-c2ncnn3cc(-c4ccc(CN5CCC(c6cnc(NC7CCC(O)NC7=O)cn6)CC5)cc4)cc23)ccc1CNC(=O)c1noc(C(C)(C)C)n1. The first-order chi connectivity index (χ1) is 27.5. The summed E-state index contributed by atoms with van der Waals surface area (Å²) in [6, 6.07) is 16.5. The van der Waals surface area contributed by atoms with Gasteiger partial charge >= 0.3 is 0 Å². The fourth-order valence-corrected chi connectivity index (χ4v) is 7.41. The summed E-state index contributed by atoms with van der Waals surface area (Å²) in [6.07, 6.45) is 9.40. The van der Waals surface area contributed by atoms with Crippen molar-refractivity contribution >= 4 is 23.1 Å². The Labute approximate surface area is 330 Å². The number of carbonyl (C=O) groups is 2. The lowest BCUT2D eigenvalue weighted by Crippen LogP contribution is -2.49. The van der Waals surface area contributed by atoms with Crippen molar-refractivity contribution in [2.24, 2.45) is 0 Å². The van der Waals surface area contributed by atoms with E-state index in [1.807, 2.05) is 56.7 Å². The summed E-state index contributed by atoms with van der Waals surface area (Å²) >= 11 is 0. The minimum absolute atomic E-state index is 0.0225. The van der Waals surface area contributed by atoms with Crippen LogP contribution in [0.4, 0.5) is 5.82 Å². The molecule has 4 aromatic heterocycles. The fraction of sp³-hybridized carbons (Fsp3) is 0.381. The molecule has 2 atom stereocenters. The number of aliphatic hydroxyl groups is 1. The molecule has 2 unspecified atom stereocenters.